The first kappa shape index (κ1) is 7.27. The van der Waals surface area contributed by atoms with Gasteiger partial charge < -0.3 is 4.52 Å². The molecule has 1 amide bonds. The largest absolute Gasteiger partial charge is 0.328 e. The summed E-state index contributed by atoms with van der Waals surface area (Å²) in [6.07, 6.45) is 1.94. The van der Waals surface area contributed by atoms with Crippen molar-refractivity contribution < 1.29 is 9.32 Å². The molecule has 5 heteroatoms. The minimum Gasteiger partial charge on any atom is -0.315 e. The number of nitrogens with zero attached hydrogens (tertiary/aromatic N) is 2. The SMILES string of the molecule is Cc1noc(NC(=O)C2CC2)n1. The quantitative estimate of drug-likeness (QED) is 0.704. The molecule has 1 fully saturated rings. The summed E-state index contributed by atoms with van der Waals surface area (Å²) >= 11 is 0. The second-order valence-electron chi connectivity index (χ2n) is 2.91. The van der Waals surface area contributed by atoms with Crippen molar-refractivity contribution in [3.8, 4) is 0 Å². The maximum atomic E-state index is 11.1. The number of carbonyl (C=O) groups is 1. The summed E-state index contributed by atoms with van der Waals surface area (Å²) in [5, 5.41) is 6.09. The van der Waals surface area contributed by atoms with Gasteiger partial charge in [-0.25, -0.2) is 0 Å². The van der Waals surface area contributed by atoms with Crippen molar-refractivity contribution in [2.24, 2.45) is 5.92 Å². The van der Waals surface area contributed by atoms with E-state index in [0.29, 0.717) is 5.82 Å². The summed E-state index contributed by atoms with van der Waals surface area (Å²) in [5.41, 5.74) is 0. The number of anilines is 1. The fraction of sp³-hybridized carbons (Fsp3) is 0.571. The second kappa shape index (κ2) is 2.58. The van der Waals surface area contributed by atoms with E-state index in [9.17, 15) is 4.79 Å². The van der Waals surface area contributed by atoms with Crippen LogP contribution in [0.2, 0.25) is 0 Å². The molecule has 0 atom stereocenters. The van der Waals surface area contributed by atoms with Crippen LogP contribution in [0.15, 0.2) is 4.52 Å². The van der Waals surface area contributed by atoms with Crippen LogP contribution in [0.1, 0.15) is 18.7 Å². The first-order valence-corrected chi connectivity index (χ1v) is 3.87. The first-order chi connectivity index (χ1) is 5.75. The van der Waals surface area contributed by atoms with E-state index in [2.05, 4.69) is 15.5 Å². The molecule has 0 aliphatic heterocycles. The molecule has 0 saturated heterocycles. The smallest absolute Gasteiger partial charge is 0.315 e. The highest BCUT2D eigenvalue weighted by atomic mass is 16.5. The lowest BCUT2D eigenvalue weighted by Crippen LogP contribution is -2.13. The van der Waals surface area contributed by atoms with Crippen LogP contribution in [0.4, 0.5) is 6.01 Å². The molecule has 1 aromatic rings. The highest BCUT2D eigenvalue weighted by Gasteiger charge is 2.30. The summed E-state index contributed by atoms with van der Waals surface area (Å²) in [4.78, 5) is 15.0. The molecule has 2 rings (SSSR count). The van der Waals surface area contributed by atoms with E-state index in [0.717, 1.165) is 12.8 Å². The number of amides is 1. The molecule has 0 aromatic carbocycles. The van der Waals surface area contributed by atoms with Gasteiger partial charge in [0.2, 0.25) is 5.91 Å². The Labute approximate surface area is 69.1 Å². The molecular formula is C7H9N3O2. The maximum Gasteiger partial charge on any atom is 0.328 e. The number of hydrogen-bond acceptors (Lipinski definition) is 4. The van der Waals surface area contributed by atoms with Crippen LogP contribution in [-0.4, -0.2) is 16.0 Å². The monoisotopic (exact) mass is 167 g/mol. The highest BCUT2D eigenvalue weighted by molar-refractivity contribution is 5.92. The predicted molar refractivity (Wildman–Crippen MR) is 40.4 cm³/mol. The van der Waals surface area contributed by atoms with Crippen molar-refractivity contribution in [2.75, 3.05) is 5.32 Å². The Morgan fingerprint density at radius 3 is 2.92 bits per heavy atom. The molecule has 1 aliphatic carbocycles. The Balaban J connectivity index is 1.98. The third kappa shape index (κ3) is 1.44. The van der Waals surface area contributed by atoms with E-state index in [4.69, 9.17) is 4.52 Å². The Bertz CT molecular complexity index is 303. The lowest BCUT2D eigenvalue weighted by atomic mass is 10.4. The predicted octanol–water partition coefficient (Wildman–Crippen LogP) is 0.727. The van der Waals surface area contributed by atoms with E-state index in [-0.39, 0.29) is 17.8 Å². The average Bonchev–Trinajstić information content (AvgIpc) is 2.78. The molecule has 1 heterocycles. The summed E-state index contributed by atoms with van der Waals surface area (Å²) in [6, 6.07) is 0.199. The summed E-state index contributed by atoms with van der Waals surface area (Å²) in [6.45, 7) is 1.70. The van der Waals surface area contributed by atoms with Gasteiger partial charge in [-0.05, 0) is 19.8 Å². The van der Waals surface area contributed by atoms with Gasteiger partial charge in [-0.2, -0.15) is 4.98 Å². The van der Waals surface area contributed by atoms with Crippen LogP contribution in [0.3, 0.4) is 0 Å². The zero-order chi connectivity index (χ0) is 8.55. The average molecular weight is 167 g/mol. The van der Waals surface area contributed by atoms with Crippen LogP contribution in [0, 0.1) is 12.8 Å². The molecule has 1 aliphatic rings. The van der Waals surface area contributed by atoms with Crippen LogP contribution >= 0.6 is 0 Å². The zero-order valence-electron chi connectivity index (χ0n) is 6.70. The van der Waals surface area contributed by atoms with Crippen LogP contribution in [-0.2, 0) is 4.79 Å². The normalized spacial score (nSPS) is 16.1. The van der Waals surface area contributed by atoms with E-state index in [1.54, 1.807) is 6.92 Å². The van der Waals surface area contributed by atoms with Crippen molar-refractivity contribution in [3.05, 3.63) is 5.82 Å². The van der Waals surface area contributed by atoms with Crippen LogP contribution in [0.25, 0.3) is 0 Å². The fourth-order valence-electron chi connectivity index (χ4n) is 0.901. The van der Waals surface area contributed by atoms with Crippen molar-refractivity contribution in [3.63, 3.8) is 0 Å². The van der Waals surface area contributed by atoms with Gasteiger partial charge in [-0.15, -0.1) is 0 Å². The van der Waals surface area contributed by atoms with Crippen LogP contribution < -0.4 is 5.32 Å². The van der Waals surface area contributed by atoms with E-state index >= 15 is 0 Å². The summed E-state index contributed by atoms with van der Waals surface area (Å²) in [7, 11) is 0. The van der Waals surface area contributed by atoms with Gasteiger partial charge in [0.05, 0.1) is 0 Å². The van der Waals surface area contributed by atoms with Crippen LogP contribution in [0.5, 0.6) is 0 Å². The van der Waals surface area contributed by atoms with Crippen molar-refractivity contribution in [1.29, 1.82) is 0 Å². The number of nitrogens with one attached hydrogen (secondary N) is 1. The summed E-state index contributed by atoms with van der Waals surface area (Å²) in [5.74, 6) is 0.678. The van der Waals surface area contributed by atoms with Gasteiger partial charge in [0.15, 0.2) is 5.82 Å². The van der Waals surface area contributed by atoms with E-state index < -0.39 is 0 Å². The summed E-state index contributed by atoms with van der Waals surface area (Å²) < 4.78 is 4.72. The molecule has 1 aromatic heterocycles. The molecule has 5 nitrogen and oxygen atoms in total. The number of aryl methyl sites for hydroxylation is 1. The molecular weight excluding hydrogens is 158 g/mol. The number of hydrogen-bond donors (Lipinski definition) is 1. The van der Waals surface area contributed by atoms with Crippen molar-refractivity contribution in [1.82, 2.24) is 10.1 Å². The van der Waals surface area contributed by atoms with Crippen molar-refractivity contribution in [2.45, 2.75) is 19.8 Å². The first-order valence-electron chi connectivity index (χ1n) is 3.87. The van der Waals surface area contributed by atoms with Crippen molar-refractivity contribution >= 4 is 11.9 Å². The van der Waals surface area contributed by atoms with Gasteiger partial charge >= 0.3 is 6.01 Å². The number of carbonyl (C=O) groups excluding carboxylic acids is 1. The molecule has 0 bridgehead atoms. The zero-order valence-corrected chi connectivity index (χ0v) is 6.70. The highest BCUT2D eigenvalue weighted by Crippen LogP contribution is 2.29. The molecule has 0 unspecified atom stereocenters. The van der Waals surface area contributed by atoms with Gasteiger partial charge in [0, 0.05) is 5.92 Å². The lowest BCUT2D eigenvalue weighted by Gasteiger charge is -1.94. The second-order valence-corrected chi connectivity index (χ2v) is 2.91. The van der Waals surface area contributed by atoms with Gasteiger partial charge in [0.25, 0.3) is 0 Å². The minimum absolute atomic E-state index is 0.0151. The van der Waals surface area contributed by atoms with E-state index in [1.165, 1.54) is 0 Å². The topological polar surface area (TPSA) is 68.0 Å². The third-order valence-electron chi connectivity index (χ3n) is 1.71. The Morgan fingerprint density at radius 2 is 2.42 bits per heavy atom. The Hall–Kier alpha value is -1.39. The minimum atomic E-state index is -0.0151. The Morgan fingerprint density at radius 1 is 1.67 bits per heavy atom. The van der Waals surface area contributed by atoms with Gasteiger partial charge in [0.1, 0.15) is 0 Å². The molecule has 1 N–H and O–H groups in total. The third-order valence-corrected chi connectivity index (χ3v) is 1.71. The number of rotatable bonds is 2. The van der Waals surface area contributed by atoms with E-state index in [1.807, 2.05) is 0 Å². The molecule has 12 heavy (non-hydrogen) atoms. The molecule has 0 radical (unpaired) electrons. The maximum absolute atomic E-state index is 11.1. The lowest BCUT2D eigenvalue weighted by molar-refractivity contribution is -0.117. The molecule has 64 valence electrons. The Kier molecular flexibility index (Phi) is 1.56. The van der Waals surface area contributed by atoms with Gasteiger partial charge in [-0.3, -0.25) is 10.1 Å². The number of aromatic nitrogens is 2. The standard InChI is InChI=1S/C7H9N3O2/c1-4-8-7(12-10-4)9-6(11)5-2-3-5/h5H,2-3H2,1H3,(H,8,9,10,11). The molecule has 0 spiro atoms. The van der Waals surface area contributed by atoms with Gasteiger partial charge in [-0.1, -0.05) is 5.16 Å². The fourth-order valence-corrected chi connectivity index (χ4v) is 0.901. The molecule has 1 saturated carbocycles.